The highest BCUT2D eigenvalue weighted by atomic mass is 14.9. The van der Waals surface area contributed by atoms with Gasteiger partial charge in [0.1, 0.15) is 0 Å². The van der Waals surface area contributed by atoms with Gasteiger partial charge in [-0.3, -0.25) is 4.99 Å². The highest BCUT2D eigenvalue weighted by molar-refractivity contribution is 6.01. The summed E-state index contributed by atoms with van der Waals surface area (Å²) < 4.78 is 0. The first kappa shape index (κ1) is 17.0. The first-order chi connectivity index (χ1) is 13.2. The Hall–Kier alpha value is -3.39. The van der Waals surface area contributed by atoms with Gasteiger partial charge in [0, 0.05) is 27.9 Å². The molecule has 1 N–H and O–H groups in total. The lowest BCUT2D eigenvalue weighted by molar-refractivity contribution is 1.39. The van der Waals surface area contributed by atoms with Crippen molar-refractivity contribution in [3.63, 3.8) is 0 Å². The Bertz CT molecular complexity index is 1160. The highest BCUT2D eigenvalue weighted by Gasteiger charge is 2.02. The van der Waals surface area contributed by atoms with E-state index in [2.05, 4.69) is 103 Å². The van der Waals surface area contributed by atoms with Gasteiger partial charge in [-0.1, -0.05) is 72.8 Å². The van der Waals surface area contributed by atoms with Crippen molar-refractivity contribution < 1.29 is 0 Å². The van der Waals surface area contributed by atoms with Crippen LogP contribution in [0.4, 0.5) is 11.4 Å². The summed E-state index contributed by atoms with van der Waals surface area (Å²) in [6, 6.07) is 29.3. The molecule has 4 aromatic carbocycles. The molecule has 0 fully saturated rings. The summed E-state index contributed by atoms with van der Waals surface area (Å²) in [6.07, 6.45) is 2.09. The Kier molecular flexibility index (Phi) is 4.71. The van der Waals surface area contributed by atoms with E-state index < -0.39 is 0 Å². The smallest absolute Gasteiger partial charge is 0.0711 e. The number of rotatable bonds is 4. The number of nitrogens with zero attached hydrogens (tertiary/aromatic N) is 1. The summed E-state index contributed by atoms with van der Waals surface area (Å²) >= 11 is 0. The maximum atomic E-state index is 4.83. The zero-order valence-corrected chi connectivity index (χ0v) is 15.6. The minimum atomic E-state index is 0.969. The van der Waals surface area contributed by atoms with E-state index in [-0.39, 0.29) is 0 Å². The van der Waals surface area contributed by atoms with Crippen molar-refractivity contribution in [3.05, 3.63) is 96.7 Å². The standard InChI is InChI=1S/C25H22N2/c1-18(26-24-15-7-11-20-9-3-5-13-22(20)24)17-19(2)27-25-16-8-12-21-10-4-6-14-23(21)25/h3-17,26H,1-2H3/b18-17-,27-19?. The number of hydrogen-bond acceptors (Lipinski definition) is 2. The summed E-state index contributed by atoms with van der Waals surface area (Å²) in [6.45, 7) is 4.11. The Morgan fingerprint density at radius 1 is 0.704 bits per heavy atom. The predicted molar refractivity (Wildman–Crippen MR) is 118 cm³/mol. The number of allylic oxidation sites excluding steroid dienone is 2. The SMILES string of the molecule is CC(/C=C(/C)Nc1cccc2ccccc12)=Nc1cccc2ccccc12. The van der Waals surface area contributed by atoms with Gasteiger partial charge in [-0.2, -0.15) is 0 Å². The summed E-state index contributed by atoms with van der Waals surface area (Å²) in [5.41, 5.74) is 4.14. The summed E-state index contributed by atoms with van der Waals surface area (Å²) in [5.74, 6) is 0. The topological polar surface area (TPSA) is 24.4 Å². The zero-order chi connectivity index (χ0) is 18.6. The van der Waals surface area contributed by atoms with Gasteiger partial charge in [-0.05, 0) is 42.8 Å². The van der Waals surface area contributed by atoms with Crippen LogP contribution in [0.5, 0.6) is 0 Å². The fraction of sp³-hybridized carbons (Fsp3) is 0.0800. The number of aliphatic imine (C=N–C) groups is 1. The van der Waals surface area contributed by atoms with Crippen molar-refractivity contribution >= 4 is 38.6 Å². The molecule has 0 heterocycles. The van der Waals surface area contributed by atoms with E-state index in [9.17, 15) is 0 Å². The number of nitrogens with one attached hydrogen (secondary N) is 1. The van der Waals surface area contributed by atoms with Crippen LogP contribution < -0.4 is 5.32 Å². The Morgan fingerprint density at radius 2 is 1.30 bits per heavy atom. The lowest BCUT2D eigenvalue weighted by Gasteiger charge is -2.10. The van der Waals surface area contributed by atoms with Gasteiger partial charge in [0.2, 0.25) is 0 Å². The third-order valence-electron chi connectivity index (χ3n) is 4.61. The number of fused-ring (bicyclic) bond motifs is 2. The average molecular weight is 350 g/mol. The zero-order valence-electron chi connectivity index (χ0n) is 15.6. The Morgan fingerprint density at radius 3 is 2.07 bits per heavy atom. The molecule has 0 atom stereocenters. The lowest BCUT2D eigenvalue weighted by atomic mass is 10.1. The maximum Gasteiger partial charge on any atom is 0.0711 e. The maximum absolute atomic E-state index is 4.83. The normalized spacial score (nSPS) is 12.5. The van der Waals surface area contributed by atoms with Gasteiger partial charge in [0.05, 0.1) is 5.69 Å². The van der Waals surface area contributed by atoms with Crippen LogP contribution in [0.3, 0.4) is 0 Å². The van der Waals surface area contributed by atoms with Crippen molar-refractivity contribution in [1.29, 1.82) is 0 Å². The van der Waals surface area contributed by atoms with Crippen LogP contribution in [0, 0.1) is 0 Å². The molecule has 0 aliphatic rings. The van der Waals surface area contributed by atoms with Crippen LogP contribution in [0.15, 0.2) is 102 Å². The molecule has 0 saturated carbocycles. The van der Waals surface area contributed by atoms with Gasteiger partial charge in [0.15, 0.2) is 0 Å². The molecular formula is C25H22N2. The van der Waals surface area contributed by atoms with Gasteiger partial charge >= 0.3 is 0 Å². The predicted octanol–water partition coefficient (Wildman–Crippen LogP) is 7.10. The van der Waals surface area contributed by atoms with E-state index in [0.717, 1.165) is 22.8 Å². The molecule has 0 aliphatic heterocycles. The van der Waals surface area contributed by atoms with Crippen LogP contribution in [0.25, 0.3) is 21.5 Å². The van der Waals surface area contributed by atoms with Gasteiger partial charge in [0.25, 0.3) is 0 Å². The summed E-state index contributed by atoms with van der Waals surface area (Å²) in [7, 11) is 0. The average Bonchev–Trinajstić information content (AvgIpc) is 2.68. The second kappa shape index (κ2) is 7.46. The van der Waals surface area contributed by atoms with Crippen molar-refractivity contribution in [2.75, 3.05) is 5.32 Å². The van der Waals surface area contributed by atoms with Crippen LogP contribution in [0.1, 0.15) is 13.8 Å². The largest absolute Gasteiger partial charge is 0.359 e. The van der Waals surface area contributed by atoms with Crippen LogP contribution in [-0.2, 0) is 0 Å². The van der Waals surface area contributed by atoms with Gasteiger partial charge in [-0.15, -0.1) is 0 Å². The van der Waals surface area contributed by atoms with E-state index in [1.165, 1.54) is 21.5 Å². The summed E-state index contributed by atoms with van der Waals surface area (Å²) in [4.78, 5) is 4.83. The Labute approximate surface area is 159 Å². The lowest BCUT2D eigenvalue weighted by Crippen LogP contribution is -1.99. The Balaban J connectivity index is 1.63. The molecule has 27 heavy (non-hydrogen) atoms. The molecule has 2 heteroatoms. The minimum absolute atomic E-state index is 0.969. The van der Waals surface area contributed by atoms with Crippen LogP contribution >= 0.6 is 0 Å². The minimum Gasteiger partial charge on any atom is -0.359 e. The molecule has 132 valence electrons. The van der Waals surface area contributed by atoms with E-state index in [0.29, 0.717) is 0 Å². The molecular weight excluding hydrogens is 328 g/mol. The number of hydrogen-bond donors (Lipinski definition) is 1. The molecule has 0 aliphatic carbocycles. The summed E-state index contributed by atoms with van der Waals surface area (Å²) in [5, 5.41) is 8.35. The number of anilines is 1. The second-order valence-corrected chi connectivity index (χ2v) is 6.73. The molecule has 0 bridgehead atoms. The van der Waals surface area contributed by atoms with Crippen molar-refractivity contribution in [3.8, 4) is 0 Å². The molecule has 4 rings (SSSR count). The third kappa shape index (κ3) is 3.75. The highest BCUT2D eigenvalue weighted by Crippen LogP contribution is 2.26. The van der Waals surface area contributed by atoms with E-state index >= 15 is 0 Å². The van der Waals surface area contributed by atoms with E-state index in [4.69, 9.17) is 4.99 Å². The van der Waals surface area contributed by atoms with Gasteiger partial charge in [-0.25, -0.2) is 0 Å². The fourth-order valence-electron chi connectivity index (χ4n) is 3.42. The van der Waals surface area contributed by atoms with Gasteiger partial charge < -0.3 is 5.32 Å². The third-order valence-corrected chi connectivity index (χ3v) is 4.61. The van der Waals surface area contributed by atoms with Crippen molar-refractivity contribution in [2.45, 2.75) is 13.8 Å². The van der Waals surface area contributed by atoms with Crippen molar-refractivity contribution in [2.24, 2.45) is 4.99 Å². The van der Waals surface area contributed by atoms with E-state index in [1.807, 2.05) is 6.92 Å². The first-order valence-corrected chi connectivity index (χ1v) is 9.17. The molecule has 0 unspecified atom stereocenters. The molecule has 0 saturated heterocycles. The fourth-order valence-corrected chi connectivity index (χ4v) is 3.42. The van der Waals surface area contributed by atoms with Crippen molar-refractivity contribution in [1.82, 2.24) is 0 Å². The van der Waals surface area contributed by atoms with Crippen LogP contribution in [-0.4, -0.2) is 5.71 Å². The molecule has 4 aromatic rings. The number of benzene rings is 4. The molecule has 0 amide bonds. The molecule has 0 radical (unpaired) electrons. The molecule has 2 nitrogen and oxygen atoms in total. The molecule has 0 spiro atoms. The van der Waals surface area contributed by atoms with Crippen LogP contribution in [0.2, 0.25) is 0 Å². The monoisotopic (exact) mass is 350 g/mol. The first-order valence-electron chi connectivity index (χ1n) is 9.17. The molecule has 0 aromatic heterocycles. The quantitative estimate of drug-likeness (QED) is 0.390. The second-order valence-electron chi connectivity index (χ2n) is 6.73. The van der Waals surface area contributed by atoms with E-state index in [1.54, 1.807) is 0 Å².